The number of amides is 1. The normalized spacial score (nSPS) is 14.4. The molecule has 4 aromatic rings. The van der Waals surface area contributed by atoms with Crippen molar-refractivity contribution in [2.75, 3.05) is 11.9 Å². The molecule has 2 heterocycles. The van der Waals surface area contributed by atoms with Crippen LogP contribution in [0.5, 0.6) is 17.2 Å². The maximum Gasteiger partial charge on any atom is 0.311 e. The number of aryl methyl sites for hydroxylation is 2. The minimum Gasteiger partial charge on any atom is -0.493 e. The summed E-state index contributed by atoms with van der Waals surface area (Å²) >= 11 is 1.42. The van der Waals surface area contributed by atoms with Gasteiger partial charge < -0.3 is 14.6 Å². The fourth-order valence-corrected chi connectivity index (χ4v) is 4.99. The Balaban J connectivity index is 1.33. The van der Waals surface area contributed by atoms with Crippen molar-refractivity contribution < 1.29 is 24.2 Å². The van der Waals surface area contributed by atoms with Gasteiger partial charge in [0, 0.05) is 17.2 Å². The minimum atomic E-state index is -0.956. The molecular formula is C27H21N3O5S. The van der Waals surface area contributed by atoms with Gasteiger partial charge in [-0.3, -0.25) is 14.9 Å². The van der Waals surface area contributed by atoms with Crippen molar-refractivity contribution >= 4 is 38.6 Å². The predicted molar refractivity (Wildman–Crippen MR) is 135 cm³/mol. The molecule has 0 saturated heterocycles. The van der Waals surface area contributed by atoms with Crippen LogP contribution in [0.3, 0.4) is 0 Å². The Bertz CT molecular complexity index is 1510. The lowest BCUT2D eigenvalue weighted by atomic mass is 9.91. The van der Waals surface area contributed by atoms with E-state index in [4.69, 9.17) is 9.47 Å². The summed E-state index contributed by atoms with van der Waals surface area (Å²) < 4.78 is 12.5. The summed E-state index contributed by atoms with van der Waals surface area (Å²) in [7, 11) is 0. The number of rotatable bonds is 5. The molecule has 1 unspecified atom stereocenters. The number of carbonyl (C=O) groups excluding carboxylic acids is 1. The zero-order chi connectivity index (χ0) is 25.4. The van der Waals surface area contributed by atoms with Crippen LogP contribution in [0.25, 0.3) is 10.2 Å². The molecule has 5 rings (SSSR count). The summed E-state index contributed by atoms with van der Waals surface area (Å²) in [6.07, 6.45) is 0.341. The van der Waals surface area contributed by atoms with Gasteiger partial charge >= 0.3 is 5.97 Å². The monoisotopic (exact) mass is 499 g/mol. The number of carbonyl (C=O) groups is 2. The molecule has 36 heavy (non-hydrogen) atoms. The molecule has 0 spiro atoms. The number of ether oxygens (including phenoxy) is 2. The number of anilines is 1. The average Bonchev–Trinajstić information content (AvgIpc) is 3.24. The van der Waals surface area contributed by atoms with Crippen LogP contribution in [0.4, 0.5) is 5.13 Å². The summed E-state index contributed by atoms with van der Waals surface area (Å²) in [5.41, 5.74) is 4.25. The summed E-state index contributed by atoms with van der Waals surface area (Å²) in [4.78, 5) is 28.8. The van der Waals surface area contributed by atoms with E-state index in [2.05, 4.69) is 22.4 Å². The highest BCUT2D eigenvalue weighted by Crippen LogP contribution is 2.39. The molecular weight excluding hydrogens is 478 g/mol. The Kier molecular flexibility index (Phi) is 6.04. The van der Waals surface area contributed by atoms with Crippen molar-refractivity contribution in [1.82, 2.24) is 4.98 Å². The number of nitrogens with one attached hydrogen (secondary N) is 1. The first-order valence-electron chi connectivity index (χ1n) is 11.2. The first-order valence-corrected chi connectivity index (χ1v) is 12.0. The molecule has 1 amide bonds. The quantitative estimate of drug-likeness (QED) is 0.357. The first-order chi connectivity index (χ1) is 17.3. The zero-order valence-electron chi connectivity index (χ0n) is 19.5. The van der Waals surface area contributed by atoms with E-state index in [0.29, 0.717) is 34.2 Å². The Labute approximate surface area is 210 Å². The molecule has 3 aromatic carbocycles. The molecule has 1 aliphatic rings. The molecule has 2 N–H and O–H groups in total. The Morgan fingerprint density at radius 2 is 1.92 bits per heavy atom. The van der Waals surface area contributed by atoms with Crippen LogP contribution < -0.4 is 14.8 Å². The highest BCUT2D eigenvalue weighted by Gasteiger charge is 2.29. The number of aromatic nitrogens is 1. The second-order valence-electron chi connectivity index (χ2n) is 8.53. The summed E-state index contributed by atoms with van der Waals surface area (Å²) in [6.45, 7) is 4.34. The number of aliphatic carboxylic acids is 1. The SMILES string of the molecule is Cc1cc2nc(NC(=O)c3ccc(Oc4cc5c(cc4C#N)C(C(=O)O)CCO5)cc3)sc2cc1C. The van der Waals surface area contributed by atoms with Crippen LogP contribution in [0.2, 0.25) is 0 Å². The number of hydrogen-bond donors (Lipinski definition) is 2. The Hall–Kier alpha value is -4.42. The molecule has 180 valence electrons. The van der Waals surface area contributed by atoms with Crippen molar-refractivity contribution in [2.24, 2.45) is 0 Å². The third-order valence-corrected chi connectivity index (χ3v) is 7.07. The summed E-state index contributed by atoms with van der Waals surface area (Å²) in [6, 6.07) is 15.7. The average molecular weight is 500 g/mol. The summed E-state index contributed by atoms with van der Waals surface area (Å²) in [5, 5.41) is 22.4. The fraction of sp³-hybridized carbons (Fsp3) is 0.185. The van der Waals surface area contributed by atoms with Crippen LogP contribution in [0.1, 0.15) is 45.0 Å². The highest BCUT2D eigenvalue weighted by atomic mass is 32.1. The van der Waals surface area contributed by atoms with Gasteiger partial charge in [-0.15, -0.1) is 0 Å². The highest BCUT2D eigenvalue weighted by molar-refractivity contribution is 7.22. The molecule has 0 bridgehead atoms. The zero-order valence-corrected chi connectivity index (χ0v) is 20.3. The molecule has 0 radical (unpaired) electrons. The van der Waals surface area contributed by atoms with Crippen LogP contribution in [-0.2, 0) is 4.79 Å². The number of carboxylic acids is 1. The van der Waals surface area contributed by atoms with Gasteiger partial charge in [0.05, 0.1) is 28.3 Å². The fourth-order valence-electron chi connectivity index (χ4n) is 4.05. The minimum absolute atomic E-state index is 0.202. The van der Waals surface area contributed by atoms with Gasteiger partial charge in [-0.2, -0.15) is 5.26 Å². The van der Waals surface area contributed by atoms with Crippen molar-refractivity contribution in [1.29, 1.82) is 5.26 Å². The number of thiazole rings is 1. The number of hydrogen-bond acceptors (Lipinski definition) is 7. The van der Waals surface area contributed by atoms with Crippen molar-refractivity contribution in [3.05, 3.63) is 76.3 Å². The van der Waals surface area contributed by atoms with Crippen molar-refractivity contribution in [2.45, 2.75) is 26.2 Å². The van der Waals surface area contributed by atoms with E-state index in [1.165, 1.54) is 23.0 Å². The third kappa shape index (κ3) is 4.46. The molecule has 9 heteroatoms. The maximum absolute atomic E-state index is 12.7. The molecule has 1 aromatic heterocycles. The lowest BCUT2D eigenvalue weighted by molar-refractivity contribution is -0.139. The second kappa shape index (κ2) is 9.32. The molecule has 8 nitrogen and oxygen atoms in total. The van der Waals surface area contributed by atoms with E-state index in [1.54, 1.807) is 30.3 Å². The Morgan fingerprint density at radius 3 is 2.64 bits per heavy atom. The topological polar surface area (TPSA) is 122 Å². The molecule has 0 aliphatic carbocycles. The lowest BCUT2D eigenvalue weighted by Crippen LogP contribution is -2.21. The smallest absolute Gasteiger partial charge is 0.311 e. The number of fused-ring (bicyclic) bond motifs is 2. The molecule has 1 aliphatic heterocycles. The standard InChI is InChI=1S/C27H21N3O5S/c1-14-9-21-24(10-15(14)2)36-27(29-21)30-25(31)16-3-5-18(6-4-16)35-22-12-23-20(11-17(22)13-28)19(26(32)33)7-8-34-23/h3-6,9-12,19H,7-8H2,1-2H3,(H,32,33)(H,29,30,31). The van der Waals surface area contributed by atoms with E-state index >= 15 is 0 Å². The first kappa shape index (κ1) is 23.3. The lowest BCUT2D eigenvalue weighted by Gasteiger charge is -2.24. The number of carboxylic acid groups (broad SMARTS) is 1. The maximum atomic E-state index is 12.7. The second-order valence-corrected chi connectivity index (χ2v) is 9.56. The van der Waals surface area contributed by atoms with Gasteiger partial charge in [-0.1, -0.05) is 11.3 Å². The Morgan fingerprint density at radius 1 is 1.17 bits per heavy atom. The van der Waals surface area contributed by atoms with Gasteiger partial charge in [0.15, 0.2) is 5.13 Å². The van der Waals surface area contributed by atoms with Crippen molar-refractivity contribution in [3.8, 4) is 23.3 Å². The number of nitriles is 1. The van der Waals surface area contributed by atoms with Crippen LogP contribution >= 0.6 is 11.3 Å². The largest absolute Gasteiger partial charge is 0.493 e. The third-order valence-electron chi connectivity index (χ3n) is 6.14. The van der Waals surface area contributed by atoms with Gasteiger partial charge in [0.2, 0.25) is 0 Å². The van der Waals surface area contributed by atoms with Gasteiger partial charge in [-0.05, 0) is 73.9 Å². The van der Waals surface area contributed by atoms with Crippen LogP contribution in [0.15, 0.2) is 48.5 Å². The predicted octanol–water partition coefficient (Wildman–Crippen LogP) is 5.78. The number of benzene rings is 3. The molecule has 1 atom stereocenters. The van der Waals surface area contributed by atoms with Gasteiger partial charge in [0.25, 0.3) is 5.91 Å². The van der Waals surface area contributed by atoms with Crippen LogP contribution in [0, 0.1) is 25.2 Å². The molecule has 0 fully saturated rings. The molecule has 0 saturated carbocycles. The van der Waals surface area contributed by atoms with Gasteiger partial charge in [0.1, 0.15) is 23.3 Å². The van der Waals surface area contributed by atoms with E-state index in [-0.39, 0.29) is 23.8 Å². The van der Waals surface area contributed by atoms with E-state index in [1.807, 2.05) is 19.9 Å². The number of nitrogens with zero attached hydrogens (tertiary/aromatic N) is 2. The van der Waals surface area contributed by atoms with Gasteiger partial charge in [-0.25, -0.2) is 4.98 Å². The van der Waals surface area contributed by atoms with Crippen LogP contribution in [-0.4, -0.2) is 28.6 Å². The summed E-state index contributed by atoms with van der Waals surface area (Å²) in [5.74, 6) is -0.925. The van der Waals surface area contributed by atoms with E-state index in [0.717, 1.165) is 15.8 Å². The van der Waals surface area contributed by atoms with E-state index in [9.17, 15) is 20.0 Å². The van der Waals surface area contributed by atoms with E-state index < -0.39 is 11.9 Å². The van der Waals surface area contributed by atoms with Crippen molar-refractivity contribution in [3.63, 3.8) is 0 Å².